The molecule has 10 heteroatoms. The molecular weight excluding hydrogens is 403 g/mol. The number of carbonyl (C=O) groups excluding carboxylic acids is 2. The summed E-state index contributed by atoms with van der Waals surface area (Å²) in [6, 6.07) is 7.64. The lowest BCUT2D eigenvalue weighted by atomic mass is 10.1. The number of nitrogens with one attached hydrogen (secondary N) is 2. The SMILES string of the molecule is Cc1cc(NC(=O)CSCC(=O)Nc2nc(-c3ccc(F)cc3)c(C)s2)no1. The van der Waals surface area contributed by atoms with Crippen molar-refractivity contribution in [3.8, 4) is 11.3 Å². The zero-order valence-electron chi connectivity index (χ0n) is 15.1. The highest BCUT2D eigenvalue weighted by Gasteiger charge is 2.13. The molecule has 1 aromatic carbocycles. The third-order valence-corrected chi connectivity index (χ3v) is 5.34. The molecule has 3 aromatic rings. The minimum Gasteiger partial charge on any atom is -0.360 e. The van der Waals surface area contributed by atoms with Crippen LogP contribution in [0.25, 0.3) is 11.3 Å². The van der Waals surface area contributed by atoms with E-state index in [1.165, 1.54) is 35.2 Å². The van der Waals surface area contributed by atoms with Gasteiger partial charge in [-0.3, -0.25) is 9.59 Å². The van der Waals surface area contributed by atoms with Crippen LogP contribution in [0.2, 0.25) is 0 Å². The Morgan fingerprint density at radius 1 is 1.14 bits per heavy atom. The van der Waals surface area contributed by atoms with Gasteiger partial charge in [0.15, 0.2) is 10.9 Å². The molecule has 0 fully saturated rings. The number of rotatable bonds is 7. The summed E-state index contributed by atoms with van der Waals surface area (Å²) < 4.78 is 17.9. The van der Waals surface area contributed by atoms with Crippen LogP contribution in [-0.4, -0.2) is 33.5 Å². The number of aryl methyl sites for hydroxylation is 2. The maximum Gasteiger partial charge on any atom is 0.236 e. The van der Waals surface area contributed by atoms with E-state index in [4.69, 9.17) is 4.52 Å². The molecule has 2 heterocycles. The van der Waals surface area contributed by atoms with Gasteiger partial charge in [-0.25, -0.2) is 9.37 Å². The van der Waals surface area contributed by atoms with E-state index in [1.54, 1.807) is 25.1 Å². The van der Waals surface area contributed by atoms with Gasteiger partial charge in [0, 0.05) is 16.5 Å². The second-order valence-corrected chi connectivity index (χ2v) is 8.03. The minimum absolute atomic E-state index is 0.107. The third kappa shape index (κ3) is 5.40. The highest BCUT2D eigenvalue weighted by molar-refractivity contribution is 8.00. The molecule has 3 rings (SSSR count). The number of thioether (sulfide) groups is 1. The van der Waals surface area contributed by atoms with Gasteiger partial charge in [-0.15, -0.1) is 23.1 Å². The Morgan fingerprint density at radius 2 is 1.82 bits per heavy atom. The summed E-state index contributed by atoms with van der Waals surface area (Å²) >= 11 is 2.52. The quantitative estimate of drug-likeness (QED) is 0.602. The van der Waals surface area contributed by atoms with E-state index in [0.717, 1.165) is 10.4 Å². The van der Waals surface area contributed by atoms with Crippen molar-refractivity contribution in [1.82, 2.24) is 10.1 Å². The average molecular weight is 420 g/mol. The van der Waals surface area contributed by atoms with Crippen LogP contribution in [0.3, 0.4) is 0 Å². The monoisotopic (exact) mass is 420 g/mol. The first-order valence-electron chi connectivity index (χ1n) is 8.25. The fourth-order valence-corrected chi connectivity index (χ4v) is 3.79. The van der Waals surface area contributed by atoms with Gasteiger partial charge < -0.3 is 15.2 Å². The normalized spacial score (nSPS) is 10.7. The van der Waals surface area contributed by atoms with Crippen molar-refractivity contribution in [2.24, 2.45) is 0 Å². The summed E-state index contributed by atoms with van der Waals surface area (Å²) in [5, 5.41) is 9.45. The van der Waals surface area contributed by atoms with Crippen LogP contribution in [-0.2, 0) is 9.59 Å². The second-order valence-electron chi connectivity index (χ2n) is 5.84. The van der Waals surface area contributed by atoms with E-state index in [1.807, 2.05) is 6.92 Å². The Kier molecular flexibility index (Phi) is 6.42. The van der Waals surface area contributed by atoms with Crippen LogP contribution >= 0.6 is 23.1 Å². The van der Waals surface area contributed by atoms with Gasteiger partial charge in [0.1, 0.15) is 11.6 Å². The van der Waals surface area contributed by atoms with Gasteiger partial charge in [-0.05, 0) is 38.1 Å². The zero-order chi connectivity index (χ0) is 20.1. The van der Waals surface area contributed by atoms with Crippen LogP contribution in [0, 0.1) is 19.7 Å². The number of benzene rings is 1. The number of hydrogen-bond donors (Lipinski definition) is 2. The summed E-state index contributed by atoms with van der Waals surface area (Å²) in [7, 11) is 0. The highest BCUT2D eigenvalue weighted by atomic mass is 32.2. The topological polar surface area (TPSA) is 97.1 Å². The van der Waals surface area contributed by atoms with Gasteiger partial charge >= 0.3 is 0 Å². The Morgan fingerprint density at radius 3 is 2.46 bits per heavy atom. The Bertz CT molecular complexity index is 985. The van der Waals surface area contributed by atoms with Gasteiger partial charge in [0.05, 0.1) is 17.2 Å². The van der Waals surface area contributed by atoms with Crippen molar-refractivity contribution in [2.45, 2.75) is 13.8 Å². The van der Waals surface area contributed by atoms with Crippen molar-refractivity contribution in [3.63, 3.8) is 0 Å². The molecule has 7 nitrogen and oxygen atoms in total. The number of carbonyl (C=O) groups is 2. The van der Waals surface area contributed by atoms with E-state index >= 15 is 0 Å². The molecule has 146 valence electrons. The molecule has 0 unspecified atom stereocenters. The number of thiazole rings is 1. The number of aromatic nitrogens is 2. The molecule has 2 amide bonds. The van der Waals surface area contributed by atoms with Crippen molar-refractivity contribution >= 4 is 45.9 Å². The highest BCUT2D eigenvalue weighted by Crippen LogP contribution is 2.30. The molecule has 0 saturated heterocycles. The van der Waals surface area contributed by atoms with E-state index in [9.17, 15) is 14.0 Å². The largest absolute Gasteiger partial charge is 0.360 e. The average Bonchev–Trinajstić information content (AvgIpc) is 3.20. The van der Waals surface area contributed by atoms with E-state index in [-0.39, 0.29) is 29.1 Å². The summed E-state index contributed by atoms with van der Waals surface area (Å²) in [6.07, 6.45) is 0. The molecular formula is C18H17FN4O3S2. The number of amides is 2. The summed E-state index contributed by atoms with van der Waals surface area (Å²) in [6.45, 7) is 3.61. The Labute approximate surface area is 168 Å². The molecule has 2 aromatic heterocycles. The van der Waals surface area contributed by atoms with Crippen molar-refractivity contribution < 1.29 is 18.5 Å². The summed E-state index contributed by atoms with van der Waals surface area (Å²) in [4.78, 5) is 29.2. The van der Waals surface area contributed by atoms with Gasteiger partial charge in [0.2, 0.25) is 11.8 Å². The smallest absolute Gasteiger partial charge is 0.236 e. The van der Waals surface area contributed by atoms with E-state index in [0.29, 0.717) is 22.4 Å². The van der Waals surface area contributed by atoms with Crippen molar-refractivity contribution in [1.29, 1.82) is 0 Å². The first-order chi connectivity index (χ1) is 13.4. The number of nitrogens with zero attached hydrogens (tertiary/aromatic N) is 2. The summed E-state index contributed by atoms with van der Waals surface area (Å²) in [5.41, 5.74) is 1.49. The fourth-order valence-electron chi connectivity index (χ4n) is 2.32. The molecule has 0 bridgehead atoms. The maximum atomic E-state index is 13.1. The molecule has 0 radical (unpaired) electrons. The van der Waals surface area contributed by atoms with E-state index in [2.05, 4.69) is 20.8 Å². The number of halogens is 1. The molecule has 0 aliphatic rings. The zero-order valence-corrected chi connectivity index (χ0v) is 16.7. The third-order valence-electron chi connectivity index (χ3n) is 3.52. The van der Waals surface area contributed by atoms with Crippen LogP contribution in [0.1, 0.15) is 10.6 Å². The number of hydrogen-bond acceptors (Lipinski definition) is 7. The lowest BCUT2D eigenvalue weighted by Crippen LogP contribution is -2.18. The Balaban J connectivity index is 1.48. The van der Waals surface area contributed by atoms with Crippen molar-refractivity contribution in [3.05, 3.63) is 46.8 Å². The molecule has 0 aliphatic carbocycles. The second kappa shape index (κ2) is 8.98. The lowest BCUT2D eigenvalue weighted by Gasteiger charge is -2.02. The molecule has 0 saturated carbocycles. The predicted molar refractivity (Wildman–Crippen MR) is 108 cm³/mol. The number of anilines is 2. The van der Waals surface area contributed by atoms with E-state index < -0.39 is 0 Å². The molecule has 2 N–H and O–H groups in total. The predicted octanol–water partition coefficient (Wildman–Crippen LogP) is 3.86. The van der Waals surface area contributed by atoms with Crippen LogP contribution in [0.15, 0.2) is 34.9 Å². The molecule has 0 aliphatic heterocycles. The lowest BCUT2D eigenvalue weighted by molar-refractivity contribution is -0.114. The first kappa shape index (κ1) is 20.0. The van der Waals surface area contributed by atoms with Gasteiger partial charge in [0.25, 0.3) is 0 Å². The molecule has 0 spiro atoms. The van der Waals surface area contributed by atoms with Crippen molar-refractivity contribution in [2.75, 3.05) is 22.1 Å². The first-order valence-corrected chi connectivity index (χ1v) is 10.2. The van der Waals surface area contributed by atoms with Crippen LogP contribution in [0.5, 0.6) is 0 Å². The van der Waals surface area contributed by atoms with Gasteiger partial charge in [-0.2, -0.15) is 0 Å². The van der Waals surface area contributed by atoms with Crippen LogP contribution < -0.4 is 10.6 Å². The van der Waals surface area contributed by atoms with Crippen LogP contribution in [0.4, 0.5) is 15.3 Å². The molecule has 0 atom stereocenters. The Hall–Kier alpha value is -2.72. The fraction of sp³-hybridized carbons (Fsp3) is 0.222. The summed E-state index contributed by atoms with van der Waals surface area (Å²) in [5.74, 6) is 0.321. The maximum absolute atomic E-state index is 13.1. The van der Waals surface area contributed by atoms with Gasteiger partial charge in [-0.1, -0.05) is 5.16 Å². The standard InChI is InChI=1S/C18H17FN4O3S2/c1-10-7-14(23-26-10)20-15(24)8-27-9-16(25)21-18-22-17(11(2)28-18)12-3-5-13(19)6-4-12/h3-7H,8-9H2,1-2H3,(H,20,23,24)(H,21,22,25). The molecule has 28 heavy (non-hydrogen) atoms. The minimum atomic E-state index is -0.315.